The van der Waals surface area contributed by atoms with Crippen LogP contribution in [0, 0.1) is 0 Å². The fourth-order valence-corrected chi connectivity index (χ4v) is 3.35. The van der Waals surface area contributed by atoms with Crippen LogP contribution in [0.2, 0.25) is 0 Å². The predicted octanol–water partition coefficient (Wildman–Crippen LogP) is 4.23. The minimum Gasteiger partial charge on any atom is -0.399 e. The smallest absolute Gasteiger partial charge is 0.115 e. The van der Waals surface area contributed by atoms with Crippen molar-refractivity contribution in [2.75, 3.05) is 17.7 Å². The summed E-state index contributed by atoms with van der Waals surface area (Å²) in [6, 6.07) is 6.54. The largest absolute Gasteiger partial charge is 0.399 e. The van der Waals surface area contributed by atoms with E-state index in [0.29, 0.717) is 6.04 Å². The maximum atomic E-state index is 5.91. The third kappa shape index (κ3) is 2.80. The second-order valence-corrected chi connectivity index (χ2v) is 7.23. The summed E-state index contributed by atoms with van der Waals surface area (Å²) in [4.78, 5) is 4.87. The van der Waals surface area contributed by atoms with E-state index >= 15 is 0 Å². The molecule has 1 heterocycles. The minimum absolute atomic E-state index is 0.0274. The average molecular weight is 291 g/mol. The number of nitrogens with two attached hydrogens (primary N) is 1. The molecule has 20 heavy (non-hydrogen) atoms. The molecule has 0 aliphatic heterocycles. The summed E-state index contributed by atoms with van der Waals surface area (Å²) in [6.45, 7) is 8.91. The Hall–Kier alpha value is -1.16. The van der Waals surface area contributed by atoms with Crippen LogP contribution in [0.4, 0.5) is 5.69 Å². The Kier molecular flexibility index (Phi) is 4.33. The maximum Gasteiger partial charge on any atom is 0.115 e. The second-order valence-electron chi connectivity index (χ2n) is 6.32. The highest BCUT2D eigenvalue weighted by Gasteiger charge is 2.26. The molecule has 0 aliphatic carbocycles. The fourth-order valence-electron chi connectivity index (χ4n) is 2.58. The summed E-state index contributed by atoms with van der Waals surface area (Å²) in [6.07, 6.45) is 3.27. The van der Waals surface area contributed by atoms with Gasteiger partial charge in [0.15, 0.2) is 0 Å². The minimum atomic E-state index is 0.0274. The van der Waals surface area contributed by atoms with Gasteiger partial charge in [-0.3, -0.25) is 0 Å². The van der Waals surface area contributed by atoms with Crippen LogP contribution in [0.15, 0.2) is 18.2 Å². The Bertz CT molecular complexity index is 596. The average Bonchev–Trinajstić information content (AvgIpc) is 2.74. The first kappa shape index (κ1) is 15.2. The highest BCUT2D eigenvalue weighted by atomic mass is 32.2. The van der Waals surface area contributed by atoms with E-state index in [1.54, 1.807) is 0 Å². The molecule has 4 heteroatoms. The number of nitrogens with zero attached hydrogens (tertiary/aromatic N) is 2. The third-order valence-electron chi connectivity index (χ3n) is 3.58. The Balaban J connectivity index is 2.70. The number of fused-ring (bicyclic) bond motifs is 1. The van der Waals surface area contributed by atoms with Gasteiger partial charge in [-0.2, -0.15) is 11.8 Å². The van der Waals surface area contributed by atoms with Gasteiger partial charge in [0.05, 0.1) is 11.0 Å². The summed E-state index contributed by atoms with van der Waals surface area (Å²) in [7, 11) is 0. The molecule has 0 spiro atoms. The lowest BCUT2D eigenvalue weighted by Gasteiger charge is -2.25. The number of benzene rings is 1. The Labute approximate surface area is 125 Å². The SMILES string of the molecule is CCC(CSC)n1c(C(C)(C)C)nc2cc(N)ccc21. The molecule has 1 unspecified atom stereocenters. The molecule has 0 amide bonds. The molecule has 1 atom stereocenters. The second kappa shape index (κ2) is 5.68. The monoisotopic (exact) mass is 291 g/mol. The zero-order valence-corrected chi connectivity index (χ0v) is 13.9. The number of imidazole rings is 1. The number of hydrogen-bond acceptors (Lipinski definition) is 3. The standard InChI is InChI=1S/C16H25N3S/c1-6-12(10-20-5)19-14-8-7-11(17)9-13(14)18-15(19)16(2,3)4/h7-9,12H,6,10,17H2,1-5H3. The predicted molar refractivity (Wildman–Crippen MR) is 90.6 cm³/mol. The van der Waals surface area contributed by atoms with Crippen LogP contribution in [-0.4, -0.2) is 21.6 Å². The maximum absolute atomic E-state index is 5.91. The van der Waals surface area contributed by atoms with Crippen molar-refractivity contribution in [2.24, 2.45) is 0 Å². The summed E-state index contributed by atoms with van der Waals surface area (Å²) >= 11 is 1.89. The fraction of sp³-hybridized carbons (Fsp3) is 0.562. The topological polar surface area (TPSA) is 43.8 Å². The van der Waals surface area contributed by atoms with Gasteiger partial charge in [-0.05, 0) is 30.9 Å². The number of thioether (sulfide) groups is 1. The summed E-state index contributed by atoms with van der Waals surface area (Å²) in [5.74, 6) is 2.26. The van der Waals surface area contributed by atoms with E-state index in [4.69, 9.17) is 10.7 Å². The van der Waals surface area contributed by atoms with E-state index in [2.05, 4.69) is 44.6 Å². The van der Waals surface area contributed by atoms with Gasteiger partial charge in [0.1, 0.15) is 5.82 Å². The van der Waals surface area contributed by atoms with Crippen molar-refractivity contribution in [1.29, 1.82) is 0 Å². The third-order valence-corrected chi connectivity index (χ3v) is 4.30. The van der Waals surface area contributed by atoms with Gasteiger partial charge in [0, 0.05) is 22.9 Å². The lowest BCUT2D eigenvalue weighted by atomic mass is 9.95. The van der Waals surface area contributed by atoms with Crippen molar-refractivity contribution < 1.29 is 0 Å². The van der Waals surface area contributed by atoms with Crippen molar-refractivity contribution in [3.8, 4) is 0 Å². The highest BCUT2D eigenvalue weighted by Crippen LogP contribution is 2.32. The molecule has 110 valence electrons. The van der Waals surface area contributed by atoms with E-state index < -0.39 is 0 Å². The molecule has 1 aromatic carbocycles. The lowest BCUT2D eigenvalue weighted by Crippen LogP contribution is -2.23. The molecule has 2 aromatic rings. The van der Waals surface area contributed by atoms with E-state index in [1.807, 2.05) is 23.9 Å². The first-order valence-corrected chi connectivity index (χ1v) is 8.54. The zero-order chi connectivity index (χ0) is 14.9. The Morgan fingerprint density at radius 2 is 2.05 bits per heavy atom. The normalized spacial score (nSPS) is 13.8. The molecule has 3 nitrogen and oxygen atoms in total. The zero-order valence-electron chi connectivity index (χ0n) is 13.1. The molecule has 0 radical (unpaired) electrons. The van der Waals surface area contributed by atoms with Gasteiger partial charge in [-0.25, -0.2) is 4.98 Å². The molecule has 1 aromatic heterocycles. The lowest BCUT2D eigenvalue weighted by molar-refractivity contribution is 0.456. The van der Waals surface area contributed by atoms with Crippen LogP contribution in [0.3, 0.4) is 0 Å². The van der Waals surface area contributed by atoms with Crippen molar-refractivity contribution in [1.82, 2.24) is 9.55 Å². The molecule has 2 rings (SSSR count). The van der Waals surface area contributed by atoms with Crippen LogP contribution in [0.1, 0.15) is 46.0 Å². The van der Waals surface area contributed by atoms with E-state index in [1.165, 1.54) is 5.52 Å². The first-order chi connectivity index (χ1) is 9.38. The molecule has 0 aliphatic rings. The molecular weight excluding hydrogens is 266 g/mol. The van der Waals surface area contributed by atoms with Crippen LogP contribution in [0.25, 0.3) is 11.0 Å². The van der Waals surface area contributed by atoms with E-state index in [-0.39, 0.29) is 5.41 Å². The van der Waals surface area contributed by atoms with Crippen molar-refractivity contribution >= 4 is 28.5 Å². The molecule has 0 fully saturated rings. The van der Waals surface area contributed by atoms with Gasteiger partial charge in [-0.1, -0.05) is 27.7 Å². The van der Waals surface area contributed by atoms with E-state index in [0.717, 1.165) is 29.2 Å². The van der Waals surface area contributed by atoms with Crippen LogP contribution < -0.4 is 5.73 Å². The summed E-state index contributed by atoms with van der Waals surface area (Å²) in [5.41, 5.74) is 8.92. The summed E-state index contributed by atoms with van der Waals surface area (Å²) in [5, 5.41) is 0. The molecule has 0 bridgehead atoms. The number of aromatic nitrogens is 2. The van der Waals surface area contributed by atoms with Crippen molar-refractivity contribution in [3.63, 3.8) is 0 Å². The van der Waals surface area contributed by atoms with Gasteiger partial charge >= 0.3 is 0 Å². The van der Waals surface area contributed by atoms with Gasteiger partial charge in [0.25, 0.3) is 0 Å². The quantitative estimate of drug-likeness (QED) is 0.857. The molecule has 0 saturated carbocycles. The van der Waals surface area contributed by atoms with Crippen LogP contribution in [-0.2, 0) is 5.41 Å². The molecule has 2 N–H and O–H groups in total. The first-order valence-electron chi connectivity index (χ1n) is 7.15. The number of hydrogen-bond donors (Lipinski definition) is 1. The van der Waals surface area contributed by atoms with Crippen LogP contribution >= 0.6 is 11.8 Å². The van der Waals surface area contributed by atoms with Crippen molar-refractivity contribution in [2.45, 2.75) is 45.6 Å². The van der Waals surface area contributed by atoms with Gasteiger partial charge in [-0.15, -0.1) is 0 Å². The molecular formula is C16H25N3S. The number of rotatable bonds is 4. The number of nitrogen functional groups attached to an aromatic ring is 1. The van der Waals surface area contributed by atoms with Crippen LogP contribution in [0.5, 0.6) is 0 Å². The van der Waals surface area contributed by atoms with E-state index in [9.17, 15) is 0 Å². The summed E-state index contributed by atoms with van der Waals surface area (Å²) < 4.78 is 2.42. The highest BCUT2D eigenvalue weighted by molar-refractivity contribution is 7.98. The Morgan fingerprint density at radius 1 is 1.35 bits per heavy atom. The Morgan fingerprint density at radius 3 is 2.60 bits per heavy atom. The van der Waals surface area contributed by atoms with Crippen molar-refractivity contribution in [3.05, 3.63) is 24.0 Å². The van der Waals surface area contributed by atoms with Gasteiger partial charge in [0.2, 0.25) is 0 Å². The molecule has 0 saturated heterocycles. The number of anilines is 1. The van der Waals surface area contributed by atoms with Gasteiger partial charge < -0.3 is 10.3 Å².